The van der Waals surface area contributed by atoms with Crippen LogP contribution in [-0.2, 0) is 10.0 Å². The summed E-state index contributed by atoms with van der Waals surface area (Å²) in [5, 5.41) is 1.11. The molecule has 2 rings (SSSR count). The highest BCUT2D eigenvalue weighted by molar-refractivity contribution is 8.07. The second-order valence-corrected chi connectivity index (χ2v) is 7.92. The maximum absolute atomic E-state index is 12.0. The molecular formula is C13H19NO2S2. The van der Waals surface area contributed by atoms with E-state index in [1.54, 1.807) is 12.1 Å². The molecule has 1 fully saturated rings. The van der Waals surface area contributed by atoms with Crippen molar-refractivity contribution in [2.24, 2.45) is 0 Å². The van der Waals surface area contributed by atoms with Gasteiger partial charge in [-0.15, -0.1) is 0 Å². The van der Waals surface area contributed by atoms with Crippen molar-refractivity contribution >= 4 is 21.8 Å². The Bertz CT molecular complexity index is 496. The summed E-state index contributed by atoms with van der Waals surface area (Å²) in [6, 6.07) is 6.95. The van der Waals surface area contributed by atoms with Crippen molar-refractivity contribution in [1.82, 2.24) is 4.72 Å². The van der Waals surface area contributed by atoms with Gasteiger partial charge >= 0.3 is 0 Å². The molecule has 0 bridgehead atoms. The zero-order valence-electron chi connectivity index (χ0n) is 10.7. The van der Waals surface area contributed by atoms with E-state index < -0.39 is 10.0 Å². The minimum Gasteiger partial charge on any atom is -0.210 e. The third-order valence-electron chi connectivity index (χ3n) is 3.07. The molecule has 1 aliphatic heterocycles. The summed E-state index contributed by atoms with van der Waals surface area (Å²) in [5.41, 5.74) is 1.06. The van der Waals surface area contributed by atoms with Crippen molar-refractivity contribution in [3.05, 3.63) is 29.8 Å². The maximum Gasteiger partial charge on any atom is 0.240 e. The Labute approximate surface area is 113 Å². The topological polar surface area (TPSA) is 46.2 Å². The zero-order valence-corrected chi connectivity index (χ0v) is 12.4. The van der Waals surface area contributed by atoms with Crippen LogP contribution >= 0.6 is 11.8 Å². The largest absolute Gasteiger partial charge is 0.240 e. The molecule has 1 aliphatic rings. The second kappa shape index (κ2) is 5.63. The first-order valence-electron chi connectivity index (χ1n) is 6.24. The van der Waals surface area contributed by atoms with Gasteiger partial charge in [0.1, 0.15) is 0 Å². The normalized spacial score (nSPS) is 23.0. The Morgan fingerprint density at radius 1 is 1.22 bits per heavy atom. The molecule has 0 radical (unpaired) electrons. The summed E-state index contributed by atoms with van der Waals surface area (Å²) in [4.78, 5) is 0.353. The lowest BCUT2D eigenvalue weighted by atomic mass is 10.2. The smallest absolute Gasteiger partial charge is 0.210 e. The summed E-state index contributed by atoms with van der Waals surface area (Å²) in [6.07, 6.45) is 2.35. The molecule has 1 saturated heterocycles. The highest BCUT2D eigenvalue weighted by Crippen LogP contribution is 2.43. The van der Waals surface area contributed by atoms with E-state index in [2.05, 4.69) is 11.6 Å². The lowest BCUT2D eigenvalue weighted by molar-refractivity contribution is 0.580. The monoisotopic (exact) mass is 285 g/mol. The Morgan fingerprint density at radius 3 is 2.50 bits per heavy atom. The molecule has 5 heteroatoms. The van der Waals surface area contributed by atoms with Crippen LogP contribution in [-0.4, -0.2) is 25.5 Å². The predicted octanol–water partition coefficient (Wildman–Crippen LogP) is 2.56. The van der Waals surface area contributed by atoms with Crippen LogP contribution in [0.2, 0.25) is 0 Å². The van der Waals surface area contributed by atoms with Crippen LogP contribution in [0, 0.1) is 6.92 Å². The van der Waals surface area contributed by atoms with Crippen LogP contribution in [0.1, 0.15) is 25.3 Å². The van der Waals surface area contributed by atoms with E-state index in [0.29, 0.717) is 21.9 Å². The molecule has 1 aromatic rings. The molecule has 2 atom stereocenters. The summed E-state index contributed by atoms with van der Waals surface area (Å²) in [5.74, 6) is 0. The quantitative estimate of drug-likeness (QED) is 0.817. The first kappa shape index (κ1) is 13.9. The van der Waals surface area contributed by atoms with Gasteiger partial charge < -0.3 is 0 Å². The van der Waals surface area contributed by atoms with Gasteiger partial charge in [-0.2, -0.15) is 11.8 Å². The van der Waals surface area contributed by atoms with Crippen molar-refractivity contribution in [3.63, 3.8) is 0 Å². The lowest BCUT2D eigenvalue weighted by Crippen LogP contribution is -2.28. The number of hydrogen-bond acceptors (Lipinski definition) is 3. The predicted molar refractivity (Wildman–Crippen MR) is 76.4 cm³/mol. The number of thioether (sulfide) groups is 1. The fourth-order valence-corrected chi connectivity index (χ4v) is 4.20. The lowest BCUT2D eigenvalue weighted by Gasteiger charge is -2.06. The van der Waals surface area contributed by atoms with Crippen molar-refractivity contribution in [2.75, 3.05) is 6.54 Å². The van der Waals surface area contributed by atoms with Crippen molar-refractivity contribution in [1.29, 1.82) is 0 Å². The molecule has 0 unspecified atom stereocenters. The van der Waals surface area contributed by atoms with Gasteiger partial charge in [0.2, 0.25) is 10.0 Å². The third kappa shape index (κ3) is 3.49. The van der Waals surface area contributed by atoms with E-state index >= 15 is 0 Å². The van der Waals surface area contributed by atoms with Crippen LogP contribution in [0.3, 0.4) is 0 Å². The second-order valence-electron chi connectivity index (χ2n) is 4.67. The molecule has 1 heterocycles. The Balaban J connectivity index is 1.90. The summed E-state index contributed by atoms with van der Waals surface area (Å²) < 4.78 is 26.7. The molecule has 18 heavy (non-hydrogen) atoms. The minimum absolute atomic E-state index is 0.353. The average molecular weight is 285 g/mol. The van der Waals surface area contributed by atoms with E-state index in [4.69, 9.17) is 0 Å². The molecule has 1 N–H and O–H groups in total. The van der Waals surface area contributed by atoms with Gasteiger partial charge in [-0.3, -0.25) is 0 Å². The summed E-state index contributed by atoms with van der Waals surface area (Å²) >= 11 is 1.87. The van der Waals surface area contributed by atoms with E-state index in [1.165, 1.54) is 12.8 Å². The molecule has 0 amide bonds. The SMILES string of the molecule is CCC[C@@H]1S[C@@H]1CNS(=O)(=O)c1ccc(C)cc1. The van der Waals surface area contributed by atoms with Gasteiger partial charge in [-0.1, -0.05) is 31.0 Å². The fraction of sp³-hybridized carbons (Fsp3) is 0.538. The van der Waals surface area contributed by atoms with E-state index in [0.717, 1.165) is 5.56 Å². The van der Waals surface area contributed by atoms with Gasteiger partial charge in [0.05, 0.1) is 4.90 Å². The molecular weight excluding hydrogens is 266 g/mol. The van der Waals surface area contributed by atoms with Gasteiger partial charge in [-0.05, 0) is 25.5 Å². The van der Waals surface area contributed by atoms with Crippen LogP contribution in [0.4, 0.5) is 0 Å². The number of aryl methyl sites for hydroxylation is 1. The molecule has 0 aliphatic carbocycles. The standard InChI is InChI=1S/C13H19NO2S2/c1-3-4-12-13(17-12)9-14-18(15,16)11-7-5-10(2)6-8-11/h5-8,12-14H,3-4,9H2,1-2H3/t12-,13+/m0/s1. The first-order chi connectivity index (χ1) is 8.53. The zero-order chi connectivity index (χ0) is 13.2. The number of sulfonamides is 1. The van der Waals surface area contributed by atoms with Gasteiger partial charge in [0, 0.05) is 17.0 Å². The number of nitrogens with one attached hydrogen (secondary N) is 1. The van der Waals surface area contributed by atoms with Crippen molar-refractivity contribution in [2.45, 2.75) is 42.1 Å². The van der Waals surface area contributed by atoms with E-state index in [1.807, 2.05) is 30.8 Å². The van der Waals surface area contributed by atoms with Crippen LogP contribution in [0.25, 0.3) is 0 Å². The molecule has 0 spiro atoms. The summed E-state index contributed by atoms with van der Waals surface area (Å²) in [7, 11) is -3.33. The van der Waals surface area contributed by atoms with E-state index in [-0.39, 0.29) is 0 Å². The van der Waals surface area contributed by atoms with E-state index in [9.17, 15) is 8.42 Å². The number of rotatable bonds is 6. The third-order valence-corrected chi connectivity index (χ3v) is 5.95. The van der Waals surface area contributed by atoms with Gasteiger partial charge in [0.15, 0.2) is 0 Å². The van der Waals surface area contributed by atoms with Gasteiger partial charge in [-0.25, -0.2) is 13.1 Å². The number of benzene rings is 1. The average Bonchev–Trinajstić information content (AvgIpc) is 3.06. The van der Waals surface area contributed by atoms with Crippen molar-refractivity contribution in [3.8, 4) is 0 Å². The molecule has 100 valence electrons. The molecule has 3 nitrogen and oxygen atoms in total. The fourth-order valence-electron chi connectivity index (χ4n) is 1.89. The number of hydrogen-bond donors (Lipinski definition) is 1. The highest BCUT2D eigenvalue weighted by Gasteiger charge is 2.37. The summed E-state index contributed by atoms with van der Waals surface area (Å²) in [6.45, 7) is 4.65. The Hall–Kier alpha value is -0.520. The highest BCUT2D eigenvalue weighted by atomic mass is 32.2. The molecule has 0 aromatic heterocycles. The molecule has 0 saturated carbocycles. The van der Waals surface area contributed by atoms with Crippen LogP contribution in [0.5, 0.6) is 0 Å². The van der Waals surface area contributed by atoms with Crippen LogP contribution in [0.15, 0.2) is 29.2 Å². The first-order valence-corrected chi connectivity index (χ1v) is 8.67. The van der Waals surface area contributed by atoms with Gasteiger partial charge in [0.25, 0.3) is 0 Å². The molecule has 1 aromatic carbocycles. The maximum atomic E-state index is 12.0. The van der Waals surface area contributed by atoms with Crippen LogP contribution < -0.4 is 4.72 Å². The Kier molecular flexibility index (Phi) is 4.35. The minimum atomic E-state index is -3.33. The Morgan fingerprint density at radius 2 is 1.89 bits per heavy atom. The van der Waals surface area contributed by atoms with Crippen molar-refractivity contribution < 1.29 is 8.42 Å².